The molecule has 0 unspecified atom stereocenters. The molecule has 0 aromatic heterocycles. The molecule has 0 saturated carbocycles. The van der Waals surface area contributed by atoms with Crippen molar-refractivity contribution >= 4 is 21.6 Å². The summed E-state index contributed by atoms with van der Waals surface area (Å²) in [6, 6.07) is 13.4. The number of carbonyl (C=O) groups is 1. The van der Waals surface area contributed by atoms with Gasteiger partial charge in [-0.1, -0.05) is 12.1 Å². The fourth-order valence-electron chi connectivity index (χ4n) is 2.08. The predicted octanol–water partition coefficient (Wildman–Crippen LogP) is 2.31. The van der Waals surface area contributed by atoms with Crippen LogP contribution in [0.25, 0.3) is 0 Å². The number of benzene rings is 2. The standard InChI is InChI=1S/C17H20N2O4S/c1-13-4-3-5-14(12-13)19-17(20)10-11-18-24(21,22)16-8-6-15(23-2)7-9-16/h3-9,12,18H,10-11H2,1-2H3,(H,19,20). The van der Waals surface area contributed by atoms with Crippen LogP contribution < -0.4 is 14.8 Å². The van der Waals surface area contributed by atoms with Gasteiger partial charge in [-0.15, -0.1) is 0 Å². The van der Waals surface area contributed by atoms with Crippen LogP contribution in [0.15, 0.2) is 53.4 Å². The second-order valence-corrected chi connectivity index (χ2v) is 7.01. The third kappa shape index (κ3) is 5.07. The number of aryl methyl sites for hydroxylation is 1. The largest absolute Gasteiger partial charge is 0.497 e. The van der Waals surface area contributed by atoms with Gasteiger partial charge in [0.2, 0.25) is 15.9 Å². The highest BCUT2D eigenvalue weighted by atomic mass is 32.2. The van der Waals surface area contributed by atoms with E-state index in [4.69, 9.17) is 4.74 Å². The van der Waals surface area contributed by atoms with Crippen molar-refractivity contribution < 1.29 is 17.9 Å². The monoisotopic (exact) mass is 348 g/mol. The summed E-state index contributed by atoms with van der Waals surface area (Å²) >= 11 is 0. The fraction of sp³-hybridized carbons (Fsp3) is 0.235. The maximum atomic E-state index is 12.1. The van der Waals surface area contributed by atoms with Gasteiger partial charge in [-0.2, -0.15) is 0 Å². The number of hydrogen-bond acceptors (Lipinski definition) is 4. The molecule has 0 spiro atoms. The second-order valence-electron chi connectivity index (χ2n) is 5.24. The molecule has 7 heteroatoms. The number of ether oxygens (including phenoxy) is 1. The molecule has 0 atom stereocenters. The van der Waals surface area contributed by atoms with Gasteiger partial charge >= 0.3 is 0 Å². The second kappa shape index (κ2) is 7.94. The third-order valence-electron chi connectivity index (χ3n) is 3.32. The van der Waals surface area contributed by atoms with Crippen LogP contribution in [0.4, 0.5) is 5.69 Å². The van der Waals surface area contributed by atoms with Crippen LogP contribution in [-0.2, 0) is 14.8 Å². The number of rotatable bonds is 7. The Morgan fingerprint density at radius 2 is 1.83 bits per heavy atom. The Morgan fingerprint density at radius 1 is 1.12 bits per heavy atom. The molecule has 128 valence electrons. The maximum absolute atomic E-state index is 12.1. The van der Waals surface area contributed by atoms with Gasteiger partial charge in [0.05, 0.1) is 12.0 Å². The first-order valence-corrected chi connectivity index (χ1v) is 8.89. The molecule has 2 N–H and O–H groups in total. The van der Waals surface area contributed by atoms with Gasteiger partial charge in [0.1, 0.15) is 5.75 Å². The molecule has 0 aliphatic rings. The lowest BCUT2D eigenvalue weighted by Crippen LogP contribution is -2.27. The molecule has 0 aliphatic carbocycles. The van der Waals surface area contributed by atoms with Crippen LogP contribution in [0, 0.1) is 6.92 Å². The van der Waals surface area contributed by atoms with Crippen molar-refractivity contribution in [1.29, 1.82) is 0 Å². The number of methoxy groups -OCH3 is 1. The van der Waals surface area contributed by atoms with E-state index in [-0.39, 0.29) is 23.8 Å². The number of anilines is 1. The first-order valence-electron chi connectivity index (χ1n) is 7.41. The lowest BCUT2D eigenvalue weighted by Gasteiger charge is -2.08. The molecule has 0 radical (unpaired) electrons. The van der Waals surface area contributed by atoms with Gasteiger partial charge < -0.3 is 10.1 Å². The smallest absolute Gasteiger partial charge is 0.240 e. The van der Waals surface area contributed by atoms with Gasteiger partial charge in [-0.05, 0) is 48.9 Å². The summed E-state index contributed by atoms with van der Waals surface area (Å²) in [4.78, 5) is 12.0. The lowest BCUT2D eigenvalue weighted by molar-refractivity contribution is -0.116. The summed E-state index contributed by atoms with van der Waals surface area (Å²) < 4.78 is 31.7. The Kier molecular flexibility index (Phi) is 5.94. The van der Waals surface area contributed by atoms with E-state index in [2.05, 4.69) is 10.0 Å². The van der Waals surface area contributed by atoms with Gasteiger partial charge in [0, 0.05) is 18.7 Å². The zero-order valence-electron chi connectivity index (χ0n) is 13.6. The molecule has 2 aromatic rings. The van der Waals surface area contributed by atoms with Crippen molar-refractivity contribution in [3.63, 3.8) is 0 Å². The zero-order chi connectivity index (χ0) is 17.6. The van der Waals surface area contributed by atoms with Crippen molar-refractivity contribution in [1.82, 2.24) is 4.72 Å². The van der Waals surface area contributed by atoms with Gasteiger partial charge in [-0.3, -0.25) is 4.79 Å². The Balaban J connectivity index is 1.86. The van der Waals surface area contributed by atoms with E-state index in [1.807, 2.05) is 25.1 Å². The Morgan fingerprint density at radius 3 is 2.46 bits per heavy atom. The van der Waals surface area contributed by atoms with E-state index in [1.54, 1.807) is 18.2 Å². The fourth-order valence-corrected chi connectivity index (χ4v) is 3.12. The first-order chi connectivity index (χ1) is 11.4. The van der Waals surface area contributed by atoms with Crippen molar-refractivity contribution in [2.75, 3.05) is 19.0 Å². The average Bonchev–Trinajstić information content (AvgIpc) is 2.54. The van der Waals surface area contributed by atoms with Gasteiger partial charge in [-0.25, -0.2) is 13.1 Å². The number of nitrogens with one attached hydrogen (secondary N) is 2. The summed E-state index contributed by atoms with van der Waals surface area (Å²) in [5.74, 6) is 0.324. The van der Waals surface area contributed by atoms with E-state index in [0.29, 0.717) is 11.4 Å². The Hall–Kier alpha value is -2.38. The van der Waals surface area contributed by atoms with Crippen molar-refractivity contribution in [2.45, 2.75) is 18.2 Å². The number of carbonyl (C=O) groups excluding carboxylic acids is 1. The molecule has 2 rings (SSSR count). The highest BCUT2D eigenvalue weighted by Gasteiger charge is 2.14. The molecule has 0 heterocycles. The summed E-state index contributed by atoms with van der Waals surface area (Å²) in [5, 5.41) is 2.73. The minimum absolute atomic E-state index is 0.0199. The van der Waals surface area contributed by atoms with E-state index >= 15 is 0 Å². The highest BCUT2D eigenvalue weighted by Crippen LogP contribution is 2.15. The van der Waals surface area contributed by atoms with E-state index in [1.165, 1.54) is 19.2 Å². The topological polar surface area (TPSA) is 84.5 Å². The molecule has 1 amide bonds. The van der Waals surface area contributed by atoms with Crippen molar-refractivity contribution in [3.8, 4) is 5.75 Å². The summed E-state index contributed by atoms with van der Waals surface area (Å²) in [5.41, 5.74) is 1.73. The van der Waals surface area contributed by atoms with Gasteiger partial charge in [0.15, 0.2) is 0 Å². The maximum Gasteiger partial charge on any atom is 0.240 e. The molecule has 0 aliphatic heterocycles. The Bertz CT molecular complexity index is 802. The molecule has 0 fully saturated rings. The van der Waals surface area contributed by atoms with Crippen molar-refractivity contribution in [2.24, 2.45) is 0 Å². The first kappa shape index (κ1) is 18.0. The number of sulfonamides is 1. The predicted molar refractivity (Wildman–Crippen MR) is 92.6 cm³/mol. The highest BCUT2D eigenvalue weighted by molar-refractivity contribution is 7.89. The molecule has 2 aromatic carbocycles. The van der Waals surface area contributed by atoms with E-state index in [9.17, 15) is 13.2 Å². The Labute approximate surface area is 141 Å². The minimum atomic E-state index is -3.65. The van der Waals surface area contributed by atoms with E-state index < -0.39 is 10.0 Å². The number of hydrogen-bond donors (Lipinski definition) is 2. The van der Waals surface area contributed by atoms with Crippen LogP contribution in [0.3, 0.4) is 0 Å². The average molecular weight is 348 g/mol. The molecule has 6 nitrogen and oxygen atoms in total. The van der Waals surface area contributed by atoms with Crippen LogP contribution >= 0.6 is 0 Å². The zero-order valence-corrected chi connectivity index (χ0v) is 14.4. The third-order valence-corrected chi connectivity index (χ3v) is 4.79. The van der Waals surface area contributed by atoms with Crippen LogP contribution in [-0.4, -0.2) is 28.0 Å². The molecule has 24 heavy (non-hydrogen) atoms. The molecule has 0 bridgehead atoms. The quantitative estimate of drug-likeness (QED) is 0.804. The van der Waals surface area contributed by atoms with E-state index in [0.717, 1.165) is 5.56 Å². The summed E-state index contributed by atoms with van der Waals surface area (Å²) in [6.07, 6.45) is 0.0450. The molecule has 0 saturated heterocycles. The van der Waals surface area contributed by atoms with Crippen LogP contribution in [0.2, 0.25) is 0 Å². The van der Waals surface area contributed by atoms with Gasteiger partial charge in [0.25, 0.3) is 0 Å². The van der Waals surface area contributed by atoms with Crippen LogP contribution in [0.5, 0.6) is 5.75 Å². The molecular formula is C17H20N2O4S. The number of amides is 1. The van der Waals surface area contributed by atoms with Crippen molar-refractivity contribution in [3.05, 3.63) is 54.1 Å². The SMILES string of the molecule is COc1ccc(S(=O)(=O)NCCC(=O)Nc2cccc(C)c2)cc1. The normalized spacial score (nSPS) is 11.1. The minimum Gasteiger partial charge on any atom is -0.497 e. The van der Waals surface area contributed by atoms with Crippen LogP contribution in [0.1, 0.15) is 12.0 Å². The lowest BCUT2D eigenvalue weighted by atomic mass is 10.2. The summed E-state index contributed by atoms with van der Waals surface area (Å²) in [6.45, 7) is 1.95. The molecular weight excluding hydrogens is 328 g/mol. The summed E-state index contributed by atoms with van der Waals surface area (Å²) in [7, 11) is -2.14.